The molecule has 5 heteroatoms. The van der Waals surface area contributed by atoms with E-state index in [0.717, 1.165) is 28.2 Å². The van der Waals surface area contributed by atoms with Gasteiger partial charge >= 0.3 is 0 Å². The molecule has 0 amide bonds. The van der Waals surface area contributed by atoms with Crippen LogP contribution in [0.2, 0.25) is 0 Å². The predicted octanol–water partition coefficient (Wildman–Crippen LogP) is 2.81. The van der Waals surface area contributed by atoms with Crippen LogP contribution in [0, 0.1) is 0 Å². The molecule has 4 rings (SSSR count). The molecule has 96 valence electrons. The number of imidazole rings is 1. The van der Waals surface area contributed by atoms with Gasteiger partial charge in [0.25, 0.3) is 0 Å². The van der Waals surface area contributed by atoms with E-state index < -0.39 is 0 Å². The Labute approximate surface area is 114 Å². The number of aromatic amines is 1. The molecule has 0 bridgehead atoms. The van der Waals surface area contributed by atoms with Gasteiger partial charge in [0.05, 0.1) is 22.9 Å². The monoisotopic (exact) mass is 261 g/mol. The molecule has 0 saturated carbocycles. The smallest absolute Gasteiger partial charge is 0.160 e. The average Bonchev–Trinajstić information content (AvgIpc) is 3.14. The standard InChI is InChI=1S/C15H11N5/c1-2-6-11(7-3-1)20-16-10-14(19-20)15-17-12-8-4-5-9-13(12)18-15/h1-10H,(H,17,18). The lowest BCUT2D eigenvalue weighted by Crippen LogP contribution is -1.97. The van der Waals surface area contributed by atoms with Gasteiger partial charge in [0.2, 0.25) is 0 Å². The van der Waals surface area contributed by atoms with Gasteiger partial charge in [-0.2, -0.15) is 9.90 Å². The van der Waals surface area contributed by atoms with Crippen LogP contribution in [0.4, 0.5) is 0 Å². The fourth-order valence-electron chi connectivity index (χ4n) is 2.13. The van der Waals surface area contributed by atoms with Crippen LogP contribution in [0.1, 0.15) is 0 Å². The molecule has 5 nitrogen and oxygen atoms in total. The average molecular weight is 261 g/mol. The van der Waals surface area contributed by atoms with E-state index in [-0.39, 0.29) is 0 Å². The molecule has 0 aliphatic carbocycles. The first-order valence-corrected chi connectivity index (χ1v) is 6.33. The third-order valence-electron chi connectivity index (χ3n) is 3.11. The maximum Gasteiger partial charge on any atom is 0.160 e. The summed E-state index contributed by atoms with van der Waals surface area (Å²) in [4.78, 5) is 9.37. The van der Waals surface area contributed by atoms with Crippen LogP contribution in [0.25, 0.3) is 28.2 Å². The van der Waals surface area contributed by atoms with Crippen LogP contribution < -0.4 is 0 Å². The summed E-state index contributed by atoms with van der Waals surface area (Å²) in [5, 5.41) is 8.74. The van der Waals surface area contributed by atoms with Crippen LogP contribution in [-0.4, -0.2) is 25.0 Å². The highest BCUT2D eigenvalue weighted by molar-refractivity contribution is 5.78. The van der Waals surface area contributed by atoms with Gasteiger partial charge in [-0.25, -0.2) is 4.98 Å². The highest BCUT2D eigenvalue weighted by atomic mass is 15.5. The zero-order valence-electron chi connectivity index (χ0n) is 10.6. The van der Waals surface area contributed by atoms with Crippen molar-refractivity contribution >= 4 is 11.0 Å². The van der Waals surface area contributed by atoms with Crippen molar-refractivity contribution in [3.05, 3.63) is 60.8 Å². The Morgan fingerprint density at radius 3 is 2.55 bits per heavy atom. The van der Waals surface area contributed by atoms with Crippen LogP contribution in [0.5, 0.6) is 0 Å². The van der Waals surface area contributed by atoms with Crippen LogP contribution in [-0.2, 0) is 0 Å². The number of para-hydroxylation sites is 3. The summed E-state index contributed by atoms with van der Waals surface area (Å²) in [5.41, 5.74) is 3.58. The first-order valence-electron chi connectivity index (χ1n) is 6.33. The Hall–Kier alpha value is -2.95. The molecule has 4 aromatic rings. The number of hydrogen-bond acceptors (Lipinski definition) is 3. The molecule has 0 radical (unpaired) electrons. The van der Waals surface area contributed by atoms with Crippen molar-refractivity contribution in [2.75, 3.05) is 0 Å². The number of H-pyrrole nitrogens is 1. The SMILES string of the molecule is c1ccc(-n2ncc(-c3nc4ccccc4[nH]3)n2)cc1. The van der Waals surface area contributed by atoms with Crippen LogP contribution in [0.3, 0.4) is 0 Å². The number of nitrogens with zero attached hydrogens (tertiary/aromatic N) is 4. The molecule has 0 aliphatic heterocycles. The molecule has 0 atom stereocenters. The van der Waals surface area contributed by atoms with Crippen molar-refractivity contribution in [2.45, 2.75) is 0 Å². The summed E-state index contributed by atoms with van der Waals surface area (Å²) in [6.45, 7) is 0. The van der Waals surface area contributed by atoms with E-state index in [1.807, 2.05) is 54.6 Å². The van der Waals surface area contributed by atoms with Crippen molar-refractivity contribution in [3.63, 3.8) is 0 Å². The Balaban J connectivity index is 1.78. The molecule has 1 N–H and O–H groups in total. The van der Waals surface area contributed by atoms with Crippen molar-refractivity contribution in [1.29, 1.82) is 0 Å². The largest absolute Gasteiger partial charge is 0.337 e. The molecule has 0 fully saturated rings. The van der Waals surface area contributed by atoms with Gasteiger partial charge < -0.3 is 4.98 Å². The summed E-state index contributed by atoms with van der Waals surface area (Å²) < 4.78 is 0. The molecular weight excluding hydrogens is 250 g/mol. The minimum Gasteiger partial charge on any atom is -0.337 e. The molecule has 2 aromatic heterocycles. The van der Waals surface area contributed by atoms with Gasteiger partial charge in [-0.1, -0.05) is 30.3 Å². The second kappa shape index (κ2) is 4.31. The number of fused-ring (bicyclic) bond motifs is 1. The Kier molecular flexibility index (Phi) is 2.35. The molecule has 0 unspecified atom stereocenters. The Bertz CT molecular complexity index is 827. The number of nitrogens with one attached hydrogen (secondary N) is 1. The molecule has 2 heterocycles. The van der Waals surface area contributed by atoms with Crippen molar-refractivity contribution in [1.82, 2.24) is 25.0 Å². The van der Waals surface area contributed by atoms with Crippen molar-refractivity contribution in [3.8, 4) is 17.2 Å². The summed E-state index contributed by atoms with van der Waals surface area (Å²) >= 11 is 0. The molecule has 0 spiro atoms. The zero-order chi connectivity index (χ0) is 13.4. The first-order chi connectivity index (χ1) is 9.90. The quantitative estimate of drug-likeness (QED) is 0.603. The van der Waals surface area contributed by atoms with Crippen LogP contribution in [0.15, 0.2) is 60.8 Å². The minimum absolute atomic E-state index is 0.727. The molecule has 20 heavy (non-hydrogen) atoms. The van der Waals surface area contributed by atoms with E-state index in [1.165, 1.54) is 0 Å². The topological polar surface area (TPSA) is 59.4 Å². The number of benzene rings is 2. The van der Waals surface area contributed by atoms with E-state index in [0.29, 0.717) is 0 Å². The van der Waals surface area contributed by atoms with Gasteiger partial charge in [-0.05, 0) is 24.3 Å². The van der Waals surface area contributed by atoms with Crippen molar-refractivity contribution < 1.29 is 0 Å². The zero-order valence-corrected chi connectivity index (χ0v) is 10.6. The normalized spacial score (nSPS) is 11.0. The van der Waals surface area contributed by atoms with E-state index in [4.69, 9.17) is 0 Å². The summed E-state index contributed by atoms with van der Waals surface area (Å²) in [6.07, 6.45) is 1.71. The molecule has 0 saturated heterocycles. The van der Waals surface area contributed by atoms with E-state index in [1.54, 1.807) is 11.0 Å². The lowest BCUT2D eigenvalue weighted by Gasteiger charge is -1.96. The first kappa shape index (κ1) is 10.9. The second-order valence-electron chi connectivity index (χ2n) is 4.46. The summed E-state index contributed by atoms with van der Waals surface area (Å²) in [7, 11) is 0. The second-order valence-corrected chi connectivity index (χ2v) is 4.46. The third kappa shape index (κ3) is 1.76. The fraction of sp³-hybridized carbons (Fsp3) is 0. The van der Waals surface area contributed by atoms with Crippen LogP contribution >= 0.6 is 0 Å². The maximum atomic E-state index is 4.52. The van der Waals surface area contributed by atoms with Gasteiger partial charge in [-0.15, -0.1) is 5.10 Å². The Morgan fingerprint density at radius 2 is 1.70 bits per heavy atom. The lowest BCUT2D eigenvalue weighted by atomic mass is 10.3. The third-order valence-corrected chi connectivity index (χ3v) is 3.11. The van der Waals surface area contributed by atoms with Gasteiger partial charge in [-0.3, -0.25) is 0 Å². The lowest BCUT2D eigenvalue weighted by molar-refractivity contribution is 0.753. The van der Waals surface area contributed by atoms with Gasteiger partial charge in [0, 0.05) is 0 Å². The van der Waals surface area contributed by atoms with Crippen molar-refractivity contribution in [2.24, 2.45) is 0 Å². The fourth-order valence-corrected chi connectivity index (χ4v) is 2.13. The van der Waals surface area contributed by atoms with Gasteiger partial charge in [0.1, 0.15) is 5.69 Å². The Morgan fingerprint density at radius 1 is 0.900 bits per heavy atom. The molecule has 0 aliphatic rings. The summed E-state index contributed by atoms with van der Waals surface area (Å²) in [5.74, 6) is 0.730. The number of hydrogen-bond donors (Lipinski definition) is 1. The van der Waals surface area contributed by atoms with Gasteiger partial charge in [0.15, 0.2) is 5.82 Å². The molecular formula is C15H11N5. The summed E-state index contributed by atoms with van der Waals surface area (Å²) in [6, 6.07) is 17.7. The number of aromatic nitrogens is 5. The minimum atomic E-state index is 0.727. The van der Waals surface area contributed by atoms with E-state index in [2.05, 4.69) is 20.2 Å². The highest BCUT2D eigenvalue weighted by Crippen LogP contribution is 2.18. The molecule has 2 aromatic carbocycles. The van der Waals surface area contributed by atoms with E-state index >= 15 is 0 Å². The predicted molar refractivity (Wildman–Crippen MR) is 76.4 cm³/mol. The number of rotatable bonds is 2. The maximum absolute atomic E-state index is 4.52. The highest BCUT2D eigenvalue weighted by Gasteiger charge is 2.09. The van der Waals surface area contributed by atoms with E-state index in [9.17, 15) is 0 Å².